The second-order valence-electron chi connectivity index (χ2n) is 3.97. The van der Waals surface area contributed by atoms with E-state index in [9.17, 15) is 14.0 Å². The van der Waals surface area contributed by atoms with Gasteiger partial charge in [-0.25, -0.2) is 9.18 Å². The molecule has 0 atom stereocenters. The summed E-state index contributed by atoms with van der Waals surface area (Å²) in [6.45, 7) is 0. The van der Waals surface area contributed by atoms with Gasteiger partial charge in [0.1, 0.15) is 5.82 Å². The lowest BCUT2D eigenvalue weighted by Gasteiger charge is -2.06. The number of amides is 1. The fourth-order valence-corrected chi connectivity index (χ4v) is 1.72. The standard InChI is InChI=1S/C14H9ClFNO3/c15-11-7-9(3-6-12(11)16)13(18)17-10-4-1-8(2-5-10)14(19)20/h1-7H,(H,17,18)(H,19,20). The van der Waals surface area contributed by atoms with E-state index in [-0.39, 0.29) is 16.1 Å². The molecule has 1 amide bonds. The molecule has 0 saturated carbocycles. The average molecular weight is 294 g/mol. The van der Waals surface area contributed by atoms with E-state index in [1.165, 1.54) is 36.4 Å². The van der Waals surface area contributed by atoms with Crippen LogP contribution in [0.4, 0.5) is 10.1 Å². The van der Waals surface area contributed by atoms with Crippen molar-refractivity contribution >= 4 is 29.2 Å². The Labute approximate surface area is 118 Å². The molecule has 0 fully saturated rings. The van der Waals surface area contributed by atoms with Crippen molar-refractivity contribution in [2.45, 2.75) is 0 Å². The molecule has 2 aromatic carbocycles. The highest BCUT2D eigenvalue weighted by molar-refractivity contribution is 6.31. The van der Waals surface area contributed by atoms with E-state index < -0.39 is 17.7 Å². The van der Waals surface area contributed by atoms with Gasteiger partial charge in [0.15, 0.2) is 0 Å². The summed E-state index contributed by atoms with van der Waals surface area (Å²) in [5, 5.41) is 11.2. The second-order valence-corrected chi connectivity index (χ2v) is 4.37. The van der Waals surface area contributed by atoms with E-state index in [2.05, 4.69) is 5.32 Å². The lowest BCUT2D eigenvalue weighted by molar-refractivity contribution is 0.0696. The summed E-state index contributed by atoms with van der Waals surface area (Å²) in [4.78, 5) is 22.6. The zero-order valence-electron chi connectivity index (χ0n) is 10.1. The molecule has 2 rings (SSSR count). The summed E-state index contributed by atoms with van der Waals surface area (Å²) in [6, 6.07) is 9.30. The zero-order valence-corrected chi connectivity index (χ0v) is 10.8. The normalized spacial score (nSPS) is 10.1. The predicted octanol–water partition coefficient (Wildman–Crippen LogP) is 3.43. The summed E-state index contributed by atoms with van der Waals surface area (Å²) in [7, 11) is 0. The summed E-state index contributed by atoms with van der Waals surface area (Å²) in [5.74, 6) is -2.11. The number of carboxylic acids is 1. The van der Waals surface area contributed by atoms with Gasteiger partial charge in [0.2, 0.25) is 0 Å². The van der Waals surface area contributed by atoms with E-state index in [0.717, 1.165) is 6.07 Å². The Kier molecular flexibility index (Phi) is 4.00. The SMILES string of the molecule is O=C(O)c1ccc(NC(=O)c2ccc(F)c(Cl)c2)cc1. The molecule has 102 valence electrons. The maximum atomic E-state index is 13.0. The van der Waals surface area contributed by atoms with Gasteiger partial charge in [0.25, 0.3) is 5.91 Å². The maximum absolute atomic E-state index is 13.0. The van der Waals surface area contributed by atoms with Gasteiger partial charge in [0.05, 0.1) is 10.6 Å². The van der Waals surface area contributed by atoms with Crippen LogP contribution in [0.5, 0.6) is 0 Å². The van der Waals surface area contributed by atoms with Crippen molar-refractivity contribution in [2.24, 2.45) is 0 Å². The molecule has 0 spiro atoms. The van der Waals surface area contributed by atoms with Gasteiger partial charge < -0.3 is 10.4 Å². The van der Waals surface area contributed by atoms with E-state index in [1.54, 1.807) is 0 Å². The van der Waals surface area contributed by atoms with Crippen LogP contribution in [0.2, 0.25) is 5.02 Å². The molecule has 0 aliphatic rings. The highest BCUT2D eigenvalue weighted by Crippen LogP contribution is 2.17. The lowest BCUT2D eigenvalue weighted by Crippen LogP contribution is -2.12. The Balaban J connectivity index is 2.14. The second kappa shape index (κ2) is 5.71. The van der Waals surface area contributed by atoms with Gasteiger partial charge in [-0.05, 0) is 42.5 Å². The molecule has 2 aromatic rings. The van der Waals surface area contributed by atoms with Gasteiger partial charge >= 0.3 is 5.97 Å². The van der Waals surface area contributed by atoms with Crippen LogP contribution in [-0.2, 0) is 0 Å². The number of rotatable bonds is 3. The van der Waals surface area contributed by atoms with Crippen molar-refractivity contribution < 1.29 is 19.1 Å². The number of carbonyl (C=O) groups excluding carboxylic acids is 1. The first-order chi connectivity index (χ1) is 9.47. The fourth-order valence-electron chi connectivity index (χ4n) is 1.54. The van der Waals surface area contributed by atoms with Crippen LogP contribution in [0.1, 0.15) is 20.7 Å². The molecule has 4 nitrogen and oxygen atoms in total. The number of hydrogen-bond donors (Lipinski definition) is 2. The molecular formula is C14H9ClFNO3. The van der Waals surface area contributed by atoms with Crippen LogP contribution in [0.3, 0.4) is 0 Å². The van der Waals surface area contributed by atoms with E-state index in [0.29, 0.717) is 5.69 Å². The Hall–Kier alpha value is -2.40. The predicted molar refractivity (Wildman–Crippen MR) is 72.8 cm³/mol. The minimum atomic E-state index is -1.05. The first-order valence-electron chi connectivity index (χ1n) is 5.57. The number of aromatic carboxylic acids is 1. The van der Waals surface area contributed by atoms with Crippen molar-refractivity contribution in [3.8, 4) is 0 Å². The third kappa shape index (κ3) is 3.13. The van der Waals surface area contributed by atoms with Crippen LogP contribution in [0.25, 0.3) is 0 Å². The Bertz CT molecular complexity index is 671. The third-order valence-corrected chi connectivity index (χ3v) is 2.86. The molecule has 2 N–H and O–H groups in total. The van der Waals surface area contributed by atoms with Gasteiger partial charge in [-0.3, -0.25) is 4.79 Å². The van der Waals surface area contributed by atoms with Crippen molar-refractivity contribution in [3.05, 3.63) is 64.4 Å². The van der Waals surface area contributed by atoms with E-state index in [1.807, 2.05) is 0 Å². The molecule has 0 radical (unpaired) electrons. The molecule has 0 aliphatic carbocycles. The van der Waals surface area contributed by atoms with Crippen molar-refractivity contribution in [1.82, 2.24) is 0 Å². The molecule has 0 heterocycles. The number of anilines is 1. The van der Waals surface area contributed by atoms with Crippen LogP contribution in [-0.4, -0.2) is 17.0 Å². The number of carboxylic acid groups (broad SMARTS) is 1. The van der Waals surface area contributed by atoms with Crippen molar-refractivity contribution in [2.75, 3.05) is 5.32 Å². The monoisotopic (exact) mass is 293 g/mol. The molecule has 0 unspecified atom stereocenters. The average Bonchev–Trinajstić information content (AvgIpc) is 2.42. The topological polar surface area (TPSA) is 66.4 Å². The van der Waals surface area contributed by atoms with Gasteiger partial charge in [-0.15, -0.1) is 0 Å². The highest BCUT2D eigenvalue weighted by Gasteiger charge is 2.09. The van der Waals surface area contributed by atoms with Crippen LogP contribution < -0.4 is 5.32 Å². The number of hydrogen-bond acceptors (Lipinski definition) is 2. The number of nitrogens with one attached hydrogen (secondary N) is 1. The first kappa shape index (κ1) is 14.0. The summed E-state index contributed by atoms with van der Waals surface area (Å²) >= 11 is 5.60. The molecular weight excluding hydrogens is 285 g/mol. The molecule has 0 aliphatic heterocycles. The van der Waals surface area contributed by atoms with Gasteiger partial charge in [0, 0.05) is 11.3 Å². The largest absolute Gasteiger partial charge is 0.478 e. The Morgan fingerprint density at radius 3 is 2.20 bits per heavy atom. The van der Waals surface area contributed by atoms with Crippen LogP contribution >= 0.6 is 11.6 Å². The minimum Gasteiger partial charge on any atom is -0.478 e. The summed E-state index contributed by atoms with van der Waals surface area (Å²) < 4.78 is 13.0. The first-order valence-corrected chi connectivity index (χ1v) is 5.95. The van der Waals surface area contributed by atoms with Crippen molar-refractivity contribution in [1.29, 1.82) is 0 Å². The fraction of sp³-hybridized carbons (Fsp3) is 0. The van der Waals surface area contributed by atoms with E-state index >= 15 is 0 Å². The zero-order chi connectivity index (χ0) is 14.7. The third-order valence-electron chi connectivity index (χ3n) is 2.57. The Morgan fingerprint density at radius 2 is 1.65 bits per heavy atom. The maximum Gasteiger partial charge on any atom is 0.335 e. The smallest absolute Gasteiger partial charge is 0.335 e. The van der Waals surface area contributed by atoms with E-state index in [4.69, 9.17) is 16.7 Å². The lowest BCUT2D eigenvalue weighted by atomic mass is 10.2. The quantitative estimate of drug-likeness (QED) is 0.911. The highest BCUT2D eigenvalue weighted by atomic mass is 35.5. The Morgan fingerprint density at radius 1 is 1.05 bits per heavy atom. The summed E-state index contributed by atoms with van der Waals surface area (Å²) in [6.07, 6.45) is 0. The number of halogens is 2. The summed E-state index contributed by atoms with van der Waals surface area (Å²) in [5.41, 5.74) is 0.756. The minimum absolute atomic E-state index is 0.118. The van der Waals surface area contributed by atoms with Crippen LogP contribution in [0.15, 0.2) is 42.5 Å². The van der Waals surface area contributed by atoms with Crippen LogP contribution in [0, 0.1) is 5.82 Å². The molecule has 0 saturated heterocycles. The number of carbonyl (C=O) groups is 2. The van der Waals surface area contributed by atoms with Gasteiger partial charge in [-0.1, -0.05) is 11.6 Å². The van der Waals surface area contributed by atoms with Gasteiger partial charge in [-0.2, -0.15) is 0 Å². The number of benzene rings is 2. The molecule has 0 bridgehead atoms. The molecule has 6 heteroatoms. The molecule has 0 aromatic heterocycles. The molecule has 20 heavy (non-hydrogen) atoms. The van der Waals surface area contributed by atoms with Crippen molar-refractivity contribution in [3.63, 3.8) is 0 Å².